The third kappa shape index (κ3) is 5.20. The van der Waals surface area contributed by atoms with Gasteiger partial charge in [-0.1, -0.05) is 0 Å². The van der Waals surface area contributed by atoms with Gasteiger partial charge >= 0.3 is 0 Å². The zero-order chi connectivity index (χ0) is 10.5. The molecule has 80 valence electrons. The van der Waals surface area contributed by atoms with Crippen molar-refractivity contribution in [3.8, 4) is 0 Å². The van der Waals surface area contributed by atoms with Crippen LogP contribution in [-0.2, 0) is 19.5 Å². The second-order valence-corrected chi connectivity index (χ2v) is 4.95. The maximum Gasteiger partial charge on any atom is 0.211 e. The van der Waals surface area contributed by atoms with E-state index in [0.29, 0.717) is 13.2 Å². The fraction of sp³-hybridized carbons (Fsp3) is 1.00. The third-order valence-corrected chi connectivity index (χ3v) is 2.99. The molecule has 0 heterocycles. The lowest BCUT2D eigenvalue weighted by Crippen LogP contribution is -2.36. The third-order valence-electron chi connectivity index (χ3n) is 1.71. The molecule has 0 saturated heterocycles. The Morgan fingerprint density at radius 1 is 1.38 bits per heavy atom. The quantitative estimate of drug-likeness (QED) is 0.596. The molecule has 0 aromatic rings. The number of methoxy groups -OCH3 is 2. The van der Waals surface area contributed by atoms with Crippen molar-refractivity contribution in [2.45, 2.75) is 6.10 Å². The number of hydrogen-bond acceptors (Lipinski definition) is 4. The van der Waals surface area contributed by atoms with Gasteiger partial charge in [-0.15, -0.1) is 0 Å². The van der Waals surface area contributed by atoms with E-state index in [2.05, 4.69) is 0 Å². The first-order valence-electron chi connectivity index (χ1n) is 3.84. The molecule has 0 aliphatic carbocycles. The molecular weight excluding hydrogens is 194 g/mol. The van der Waals surface area contributed by atoms with Crippen LogP contribution in [-0.4, -0.2) is 59.5 Å². The summed E-state index contributed by atoms with van der Waals surface area (Å²) >= 11 is 0. The van der Waals surface area contributed by atoms with Crippen molar-refractivity contribution in [2.75, 3.05) is 40.7 Å². The topological polar surface area (TPSA) is 55.8 Å². The van der Waals surface area contributed by atoms with Gasteiger partial charge in [-0.3, -0.25) is 0 Å². The molecule has 0 aromatic heterocycles. The van der Waals surface area contributed by atoms with Crippen LogP contribution in [0.15, 0.2) is 0 Å². The van der Waals surface area contributed by atoms with Gasteiger partial charge in [0.05, 0.1) is 19.0 Å². The summed E-state index contributed by atoms with van der Waals surface area (Å²) in [7, 11) is 1.46. The van der Waals surface area contributed by atoms with Gasteiger partial charge in [-0.25, -0.2) is 12.7 Å². The first-order chi connectivity index (χ1) is 5.91. The summed E-state index contributed by atoms with van der Waals surface area (Å²) in [5, 5.41) is 0. The highest BCUT2D eigenvalue weighted by Gasteiger charge is 2.16. The monoisotopic (exact) mass is 211 g/mol. The zero-order valence-electron chi connectivity index (χ0n) is 8.48. The molecule has 0 saturated carbocycles. The second kappa shape index (κ2) is 5.54. The molecule has 5 nitrogen and oxygen atoms in total. The SMILES string of the molecule is COCC(CN(C)S(C)(=O)=O)OC. The number of rotatable bonds is 6. The molecule has 1 atom stereocenters. The van der Waals surface area contributed by atoms with Gasteiger partial charge in [0, 0.05) is 27.8 Å². The summed E-state index contributed by atoms with van der Waals surface area (Å²) in [5.74, 6) is 0. The van der Waals surface area contributed by atoms with Crippen molar-refractivity contribution in [3.05, 3.63) is 0 Å². The Balaban J connectivity index is 4.09. The molecule has 6 heteroatoms. The number of sulfonamides is 1. The smallest absolute Gasteiger partial charge is 0.211 e. The average Bonchev–Trinajstić information content (AvgIpc) is 2.01. The van der Waals surface area contributed by atoms with Crippen LogP contribution in [0.4, 0.5) is 0 Å². The number of ether oxygens (including phenoxy) is 2. The van der Waals surface area contributed by atoms with Gasteiger partial charge in [-0.2, -0.15) is 0 Å². The van der Waals surface area contributed by atoms with Gasteiger partial charge in [0.25, 0.3) is 0 Å². The van der Waals surface area contributed by atoms with E-state index in [1.165, 1.54) is 18.5 Å². The minimum Gasteiger partial charge on any atom is -0.382 e. The highest BCUT2D eigenvalue weighted by atomic mass is 32.2. The highest BCUT2D eigenvalue weighted by Crippen LogP contribution is 1.99. The van der Waals surface area contributed by atoms with Crippen LogP contribution in [0.3, 0.4) is 0 Å². The van der Waals surface area contributed by atoms with E-state index >= 15 is 0 Å². The number of likely N-dealkylation sites (N-methyl/N-ethyl adjacent to an activating group) is 1. The van der Waals surface area contributed by atoms with E-state index in [0.717, 1.165) is 6.26 Å². The van der Waals surface area contributed by atoms with Crippen molar-refractivity contribution >= 4 is 10.0 Å². The summed E-state index contributed by atoms with van der Waals surface area (Å²) in [6.45, 7) is 0.694. The van der Waals surface area contributed by atoms with Crippen LogP contribution in [0.25, 0.3) is 0 Å². The first kappa shape index (κ1) is 12.8. The van der Waals surface area contributed by atoms with Crippen molar-refractivity contribution in [3.63, 3.8) is 0 Å². The van der Waals surface area contributed by atoms with E-state index in [9.17, 15) is 8.42 Å². The fourth-order valence-corrected chi connectivity index (χ4v) is 1.24. The summed E-state index contributed by atoms with van der Waals surface area (Å²) < 4.78 is 33.2. The molecule has 0 bridgehead atoms. The lowest BCUT2D eigenvalue weighted by atomic mass is 10.4. The Hall–Kier alpha value is -0.170. The molecule has 0 amide bonds. The van der Waals surface area contributed by atoms with Crippen molar-refractivity contribution < 1.29 is 17.9 Å². The molecule has 0 rings (SSSR count). The summed E-state index contributed by atoms with van der Waals surface area (Å²) in [5.41, 5.74) is 0. The molecule has 0 aliphatic rings. The molecule has 0 aromatic carbocycles. The largest absolute Gasteiger partial charge is 0.382 e. The predicted octanol–water partition coefficient (Wildman–Crippen LogP) is -0.461. The van der Waals surface area contributed by atoms with E-state index in [4.69, 9.17) is 9.47 Å². The average molecular weight is 211 g/mol. The Kier molecular flexibility index (Phi) is 5.46. The first-order valence-corrected chi connectivity index (χ1v) is 5.69. The van der Waals surface area contributed by atoms with Crippen molar-refractivity contribution in [2.24, 2.45) is 0 Å². The van der Waals surface area contributed by atoms with E-state index < -0.39 is 10.0 Å². The summed E-state index contributed by atoms with van der Waals surface area (Å²) in [6, 6.07) is 0. The minimum absolute atomic E-state index is 0.218. The van der Waals surface area contributed by atoms with Gasteiger partial charge < -0.3 is 9.47 Å². The molecule has 0 fully saturated rings. The molecule has 0 radical (unpaired) electrons. The van der Waals surface area contributed by atoms with E-state index in [-0.39, 0.29) is 6.10 Å². The molecule has 0 N–H and O–H groups in total. The van der Waals surface area contributed by atoms with Crippen molar-refractivity contribution in [1.29, 1.82) is 0 Å². The summed E-state index contributed by atoms with van der Waals surface area (Å²) in [4.78, 5) is 0. The van der Waals surface area contributed by atoms with E-state index in [1.54, 1.807) is 7.11 Å². The molecule has 13 heavy (non-hydrogen) atoms. The van der Waals surface area contributed by atoms with Crippen LogP contribution in [0.1, 0.15) is 0 Å². The van der Waals surface area contributed by atoms with Crippen LogP contribution < -0.4 is 0 Å². The highest BCUT2D eigenvalue weighted by molar-refractivity contribution is 7.88. The predicted molar refractivity (Wildman–Crippen MR) is 50.1 cm³/mol. The van der Waals surface area contributed by atoms with Crippen LogP contribution in [0.2, 0.25) is 0 Å². The standard InChI is InChI=1S/C7H17NO4S/c1-8(13(4,9)10)5-7(12-3)6-11-2/h7H,5-6H2,1-4H3. The van der Waals surface area contributed by atoms with Crippen molar-refractivity contribution in [1.82, 2.24) is 4.31 Å². The molecule has 0 aliphatic heterocycles. The van der Waals surface area contributed by atoms with Gasteiger partial charge in [0.15, 0.2) is 0 Å². The molecule has 0 spiro atoms. The Morgan fingerprint density at radius 2 is 1.92 bits per heavy atom. The van der Waals surface area contributed by atoms with Crippen LogP contribution in [0, 0.1) is 0 Å². The molecular formula is C7H17NO4S. The molecule has 1 unspecified atom stereocenters. The Bertz CT molecular complexity index is 227. The van der Waals surface area contributed by atoms with Crippen LogP contribution in [0.5, 0.6) is 0 Å². The lowest BCUT2D eigenvalue weighted by molar-refractivity contribution is 0.0208. The zero-order valence-corrected chi connectivity index (χ0v) is 9.30. The normalized spacial score (nSPS) is 14.8. The van der Waals surface area contributed by atoms with Gasteiger partial charge in [-0.05, 0) is 0 Å². The number of hydrogen-bond donors (Lipinski definition) is 0. The summed E-state index contributed by atoms with van der Waals surface area (Å²) in [6.07, 6.45) is 0.941. The van der Waals surface area contributed by atoms with Gasteiger partial charge in [0.1, 0.15) is 0 Å². The maximum absolute atomic E-state index is 11.0. The number of nitrogens with zero attached hydrogens (tertiary/aromatic N) is 1. The fourth-order valence-electron chi connectivity index (χ4n) is 0.803. The Labute approximate surface area is 79.7 Å². The minimum atomic E-state index is -3.13. The van der Waals surface area contributed by atoms with Crippen LogP contribution >= 0.6 is 0 Å². The second-order valence-electron chi connectivity index (χ2n) is 2.86. The van der Waals surface area contributed by atoms with E-state index in [1.807, 2.05) is 0 Å². The van der Waals surface area contributed by atoms with Gasteiger partial charge in [0.2, 0.25) is 10.0 Å². The maximum atomic E-state index is 11.0. The Morgan fingerprint density at radius 3 is 2.23 bits per heavy atom. The lowest BCUT2D eigenvalue weighted by Gasteiger charge is -2.20.